The first-order valence-corrected chi connectivity index (χ1v) is 7.25. The molecule has 2 atom stereocenters. The molecule has 2 unspecified atom stereocenters. The van der Waals surface area contributed by atoms with Crippen LogP contribution in [-0.2, 0) is 10.0 Å². The van der Waals surface area contributed by atoms with Crippen LogP contribution in [0.15, 0.2) is 0 Å². The molecule has 5 heteroatoms. The Labute approximate surface area is 92.9 Å². The summed E-state index contributed by atoms with van der Waals surface area (Å²) < 4.78 is 25.2. The second-order valence-corrected chi connectivity index (χ2v) is 6.45. The Morgan fingerprint density at radius 3 is 2.53 bits per heavy atom. The highest BCUT2D eigenvalue weighted by atomic mass is 32.2. The van der Waals surface area contributed by atoms with Crippen LogP contribution in [0, 0.1) is 0 Å². The number of likely N-dealkylation sites (N-methyl/N-ethyl adjacent to an activating group) is 1. The lowest BCUT2D eigenvalue weighted by atomic mass is 9.88. The molecule has 0 radical (unpaired) electrons. The first-order chi connectivity index (χ1) is 6.88. The van der Waals surface area contributed by atoms with Gasteiger partial charge in [-0.25, -0.2) is 8.42 Å². The molecule has 1 saturated heterocycles. The van der Waals surface area contributed by atoms with Gasteiger partial charge in [0.2, 0.25) is 10.0 Å². The van der Waals surface area contributed by atoms with Gasteiger partial charge in [0.1, 0.15) is 0 Å². The van der Waals surface area contributed by atoms with Gasteiger partial charge in [-0.15, -0.1) is 0 Å². The van der Waals surface area contributed by atoms with Crippen molar-refractivity contribution in [1.82, 2.24) is 4.31 Å². The third kappa shape index (κ3) is 2.19. The summed E-state index contributed by atoms with van der Waals surface area (Å²) in [6, 6.07) is -0.256. The number of hydrogen-bond acceptors (Lipinski definition) is 3. The molecule has 1 aliphatic rings. The number of nitrogens with zero attached hydrogens (tertiary/aromatic N) is 1. The Kier molecular flexibility index (Phi) is 3.79. The van der Waals surface area contributed by atoms with Crippen molar-refractivity contribution in [1.29, 1.82) is 0 Å². The molecule has 0 spiro atoms. The van der Waals surface area contributed by atoms with Gasteiger partial charge in [0.05, 0.1) is 5.75 Å². The number of nitrogens with two attached hydrogens (primary N) is 1. The van der Waals surface area contributed by atoms with Gasteiger partial charge in [0.25, 0.3) is 0 Å². The molecule has 1 aliphatic heterocycles. The molecular weight excluding hydrogens is 212 g/mol. The van der Waals surface area contributed by atoms with Crippen molar-refractivity contribution in [3.05, 3.63) is 0 Å². The minimum Gasteiger partial charge on any atom is -0.325 e. The van der Waals surface area contributed by atoms with Crippen LogP contribution in [0.4, 0.5) is 0 Å². The van der Waals surface area contributed by atoms with Crippen molar-refractivity contribution in [2.45, 2.75) is 51.6 Å². The summed E-state index contributed by atoms with van der Waals surface area (Å²) in [4.78, 5) is 0. The molecule has 0 saturated carbocycles. The van der Waals surface area contributed by atoms with E-state index in [-0.39, 0.29) is 17.3 Å². The molecule has 0 aromatic heterocycles. The summed E-state index contributed by atoms with van der Waals surface area (Å²) in [5.74, 6) is 0.0983. The van der Waals surface area contributed by atoms with Gasteiger partial charge in [-0.3, -0.25) is 0 Å². The lowest BCUT2D eigenvalue weighted by Crippen LogP contribution is -2.52. The Hall–Kier alpha value is -0.130. The van der Waals surface area contributed by atoms with Crippen LogP contribution in [0.25, 0.3) is 0 Å². The Balaban J connectivity index is 2.95. The number of sulfonamides is 1. The van der Waals surface area contributed by atoms with E-state index in [1.807, 2.05) is 13.8 Å². The predicted octanol–water partition coefficient (Wildman–Crippen LogP) is 0.928. The van der Waals surface area contributed by atoms with Crippen LogP contribution in [0.2, 0.25) is 0 Å². The summed E-state index contributed by atoms with van der Waals surface area (Å²) in [5, 5.41) is 0. The van der Waals surface area contributed by atoms with E-state index >= 15 is 0 Å². The SMILES string of the molecule is CCCCC1(C)C(N)CS(=O)(=O)N1CC. The van der Waals surface area contributed by atoms with Crippen LogP contribution in [0.1, 0.15) is 40.0 Å². The summed E-state index contributed by atoms with van der Waals surface area (Å²) in [5.41, 5.74) is 5.60. The number of hydrogen-bond donors (Lipinski definition) is 1. The minimum absolute atomic E-state index is 0.0983. The van der Waals surface area contributed by atoms with E-state index in [9.17, 15) is 8.42 Å². The average Bonchev–Trinajstić information content (AvgIpc) is 2.30. The Morgan fingerprint density at radius 2 is 2.07 bits per heavy atom. The molecule has 90 valence electrons. The molecule has 1 heterocycles. The number of unbranched alkanes of at least 4 members (excludes halogenated alkanes) is 1. The molecule has 0 bridgehead atoms. The van der Waals surface area contributed by atoms with Crippen LogP contribution in [-0.4, -0.2) is 36.6 Å². The minimum atomic E-state index is -3.12. The molecule has 15 heavy (non-hydrogen) atoms. The normalized spacial score (nSPS) is 35.9. The first-order valence-electron chi connectivity index (χ1n) is 5.64. The zero-order chi connectivity index (χ0) is 11.7. The summed E-state index contributed by atoms with van der Waals surface area (Å²) in [6.07, 6.45) is 2.95. The molecule has 4 nitrogen and oxygen atoms in total. The van der Waals surface area contributed by atoms with E-state index < -0.39 is 10.0 Å². The molecular formula is C10H22N2O2S. The lowest BCUT2D eigenvalue weighted by molar-refractivity contribution is 0.191. The molecule has 2 N–H and O–H groups in total. The van der Waals surface area contributed by atoms with Crippen molar-refractivity contribution in [2.75, 3.05) is 12.3 Å². The Morgan fingerprint density at radius 1 is 1.47 bits per heavy atom. The van der Waals surface area contributed by atoms with Gasteiger partial charge in [0, 0.05) is 18.1 Å². The zero-order valence-corrected chi connectivity index (χ0v) is 10.7. The van der Waals surface area contributed by atoms with Gasteiger partial charge < -0.3 is 5.73 Å². The van der Waals surface area contributed by atoms with E-state index in [1.54, 1.807) is 4.31 Å². The maximum Gasteiger partial charge on any atom is 0.216 e. The number of rotatable bonds is 4. The van der Waals surface area contributed by atoms with E-state index in [0.717, 1.165) is 19.3 Å². The highest BCUT2D eigenvalue weighted by molar-refractivity contribution is 7.89. The maximum absolute atomic E-state index is 11.8. The largest absolute Gasteiger partial charge is 0.325 e. The van der Waals surface area contributed by atoms with Crippen molar-refractivity contribution in [3.63, 3.8) is 0 Å². The quantitative estimate of drug-likeness (QED) is 0.787. The fourth-order valence-corrected chi connectivity index (χ4v) is 4.65. The highest BCUT2D eigenvalue weighted by Gasteiger charge is 2.50. The fraction of sp³-hybridized carbons (Fsp3) is 1.00. The van der Waals surface area contributed by atoms with Crippen molar-refractivity contribution >= 4 is 10.0 Å². The maximum atomic E-state index is 11.8. The van der Waals surface area contributed by atoms with Crippen LogP contribution >= 0.6 is 0 Å². The van der Waals surface area contributed by atoms with Gasteiger partial charge in [-0.05, 0) is 13.3 Å². The third-order valence-corrected chi connectivity index (χ3v) is 5.55. The predicted molar refractivity (Wildman–Crippen MR) is 62.1 cm³/mol. The average molecular weight is 234 g/mol. The van der Waals surface area contributed by atoms with E-state index in [4.69, 9.17) is 5.73 Å². The lowest BCUT2D eigenvalue weighted by Gasteiger charge is -2.35. The first kappa shape index (κ1) is 12.9. The zero-order valence-electron chi connectivity index (χ0n) is 9.86. The van der Waals surface area contributed by atoms with Crippen LogP contribution < -0.4 is 5.73 Å². The standard InChI is InChI=1S/C10H22N2O2S/c1-4-6-7-10(3)9(11)8-15(13,14)12(10)5-2/h9H,4-8,11H2,1-3H3. The van der Waals surface area contributed by atoms with E-state index in [2.05, 4.69) is 6.92 Å². The van der Waals surface area contributed by atoms with E-state index in [1.165, 1.54) is 0 Å². The van der Waals surface area contributed by atoms with Gasteiger partial charge in [0.15, 0.2) is 0 Å². The van der Waals surface area contributed by atoms with Crippen LogP contribution in [0.3, 0.4) is 0 Å². The van der Waals surface area contributed by atoms with Crippen LogP contribution in [0.5, 0.6) is 0 Å². The van der Waals surface area contributed by atoms with Gasteiger partial charge in [-0.2, -0.15) is 4.31 Å². The summed E-state index contributed by atoms with van der Waals surface area (Å²) in [6.45, 7) is 6.48. The third-order valence-electron chi connectivity index (χ3n) is 3.42. The smallest absolute Gasteiger partial charge is 0.216 e. The summed E-state index contributed by atoms with van der Waals surface area (Å²) >= 11 is 0. The molecule has 0 aromatic rings. The Bertz CT molecular complexity index is 315. The fourth-order valence-electron chi connectivity index (χ4n) is 2.40. The van der Waals surface area contributed by atoms with Crippen molar-refractivity contribution < 1.29 is 8.42 Å². The molecule has 1 rings (SSSR count). The molecule has 1 fully saturated rings. The molecule has 0 aliphatic carbocycles. The molecule has 0 aromatic carbocycles. The molecule has 0 amide bonds. The summed E-state index contributed by atoms with van der Waals surface area (Å²) in [7, 11) is -3.12. The van der Waals surface area contributed by atoms with Crippen molar-refractivity contribution in [2.24, 2.45) is 5.73 Å². The monoisotopic (exact) mass is 234 g/mol. The van der Waals surface area contributed by atoms with Crippen molar-refractivity contribution in [3.8, 4) is 0 Å². The highest BCUT2D eigenvalue weighted by Crippen LogP contribution is 2.34. The second kappa shape index (κ2) is 4.39. The topological polar surface area (TPSA) is 63.4 Å². The van der Waals surface area contributed by atoms with Gasteiger partial charge in [-0.1, -0.05) is 26.7 Å². The second-order valence-electron chi connectivity index (χ2n) is 4.51. The van der Waals surface area contributed by atoms with E-state index in [0.29, 0.717) is 6.54 Å². The van der Waals surface area contributed by atoms with Gasteiger partial charge >= 0.3 is 0 Å².